The second-order valence-electron chi connectivity index (χ2n) is 6.42. The highest BCUT2D eigenvalue weighted by atomic mass is 32.1. The van der Waals surface area contributed by atoms with E-state index in [4.69, 9.17) is 4.74 Å². The predicted molar refractivity (Wildman–Crippen MR) is 103 cm³/mol. The average molecular weight is 404 g/mol. The Morgan fingerprint density at radius 2 is 2.14 bits per heavy atom. The van der Waals surface area contributed by atoms with Crippen LogP contribution in [0.5, 0.6) is 5.75 Å². The van der Waals surface area contributed by atoms with Crippen molar-refractivity contribution in [2.45, 2.75) is 25.6 Å². The SMILES string of the molecule is O=C(c1cccc(OC(F)F)c1)N(C[C@@H]1CCCO1)c1nc2ccccc2s1. The summed E-state index contributed by atoms with van der Waals surface area (Å²) in [7, 11) is 0. The Bertz CT molecular complexity index is 940. The van der Waals surface area contributed by atoms with Crippen LogP contribution in [-0.2, 0) is 4.74 Å². The third-order valence-corrected chi connectivity index (χ3v) is 5.53. The summed E-state index contributed by atoms with van der Waals surface area (Å²) in [5.41, 5.74) is 1.07. The molecule has 0 unspecified atom stereocenters. The van der Waals surface area contributed by atoms with Gasteiger partial charge in [-0.1, -0.05) is 29.5 Å². The fraction of sp³-hybridized carbons (Fsp3) is 0.300. The summed E-state index contributed by atoms with van der Waals surface area (Å²) < 4.78 is 36.1. The van der Waals surface area contributed by atoms with Gasteiger partial charge in [-0.3, -0.25) is 9.69 Å². The van der Waals surface area contributed by atoms with Crippen molar-refractivity contribution in [3.05, 3.63) is 54.1 Å². The van der Waals surface area contributed by atoms with E-state index in [0.29, 0.717) is 18.3 Å². The van der Waals surface area contributed by atoms with E-state index in [-0.39, 0.29) is 23.3 Å². The predicted octanol–water partition coefficient (Wildman–Crippen LogP) is 4.72. The molecular weight excluding hydrogens is 386 g/mol. The quantitative estimate of drug-likeness (QED) is 0.596. The number of rotatable bonds is 6. The van der Waals surface area contributed by atoms with Gasteiger partial charge >= 0.3 is 6.61 Å². The summed E-state index contributed by atoms with van der Waals surface area (Å²) in [4.78, 5) is 19.4. The van der Waals surface area contributed by atoms with Crippen molar-refractivity contribution in [1.82, 2.24) is 4.98 Å². The van der Waals surface area contributed by atoms with Crippen molar-refractivity contribution < 1.29 is 23.0 Å². The zero-order valence-corrected chi connectivity index (χ0v) is 15.7. The first-order chi connectivity index (χ1) is 13.6. The minimum atomic E-state index is -2.95. The van der Waals surface area contributed by atoms with Crippen molar-refractivity contribution >= 4 is 32.6 Å². The first kappa shape index (κ1) is 18.8. The molecule has 0 N–H and O–H groups in total. The second kappa shape index (κ2) is 8.20. The maximum Gasteiger partial charge on any atom is 0.387 e. The van der Waals surface area contributed by atoms with Crippen LogP contribution in [0.1, 0.15) is 23.2 Å². The van der Waals surface area contributed by atoms with E-state index >= 15 is 0 Å². The first-order valence-electron chi connectivity index (χ1n) is 8.94. The van der Waals surface area contributed by atoms with Crippen LogP contribution in [0.15, 0.2) is 48.5 Å². The molecule has 4 rings (SSSR count). The van der Waals surface area contributed by atoms with E-state index in [1.54, 1.807) is 11.0 Å². The zero-order chi connectivity index (χ0) is 19.5. The number of benzene rings is 2. The third-order valence-electron chi connectivity index (χ3n) is 4.48. The number of anilines is 1. The van der Waals surface area contributed by atoms with Crippen LogP contribution in [-0.4, -0.2) is 36.8 Å². The number of alkyl halides is 2. The van der Waals surface area contributed by atoms with Crippen molar-refractivity contribution in [3.8, 4) is 5.75 Å². The molecule has 1 fully saturated rings. The average Bonchev–Trinajstić information content (AvgIpc) is 3.34. The number of aromatic nitrogens is 1. The number of thiazole rings is 1. The Morgan fingerprint density at radius 1 is 1.29 bits per heavy atom. The van der Waals surface area contributed by atoms with Gasteiger partial charge in [0.05, 0.1) is 22.9 Å². The molecule has 3 aromatic rings. The third kappa shape index (κ3) is 4.13. The molecule has 1 aliphatic heterocycles. The molecule has 0 saturated carbocycles. The van der Waals surface area contributed by atoms with Crippen LogP contribution in [0.4, 0.5) is 13.9 Å². The molecule has 28 heavy (non-hydrogen) atoms. The van der Waals surface area contributed by atoms with E-state index in [1.807, 2.05) is 24.3 Å². The summed E-state index contributed by atoms with van der Waals surface area (Å²) in [5, 5.41) is 0.557. The molecule has 1 aromatic heterocycles. The van der Waals surface area contributed by atoms with Gasteiger partial charge in [0.1, 0.15) is 5.75 Å². The van der Waals surface area contributed by atoms with Crippen LogP contribution in [0.2, 0.25) is 0 Å². The molecule has 146 valence electrons. The van der Waals surface area contributed by atoms with E-state index in [2.05, 4.69) is 9.72 Å². The number of amides is 1. The molecule has 1 amide bonds. The number of nitrogens with zero attached hydrogens (tertiary/aromatic N) is 2. The Balaban J connectivity index is 1.67. The minimum Gasteiger partial charge on any atom is -0.435 e. The standard InChI is InChI=1S/C20H18F2N2O3S/c21-19(22)27-14-6-3-5-13(11-14)18(25)24(12-15-7-4-10-26-15)20-23-16-8-1-2-9-17(16)28-20/h1-3,5-6,8-9,11,15,19H,4,7,10,12H2/t15-/m0/s1. The Labute approximate surface area is 164 Å². The lowest BCUT2D eigenvalue weighted by atomic mass is 10.1. The molecule has 0 spiro atoms. The van der Waals surface area contributed by atoms with E-state index in [0.717, 1.165) is 23.1 Å². The Hall–Kier alpha value is -2.58. The molecule has 0 aliphatic carbocycles. The van der Waals surface area contributed by atoms with Gasteiger partial charge < -0.3 is 9.47 Å². The number of ether oxygens (including phenoxy) is 2. The van der Waals surface area contributed by atoms with Crippen LogP contribution < -0.4 is 9.64 Å². The van der Waals surface area contributed by atoms with Crippen molar-refractivity contribution in [3.63, 3.8) is 0 Å². The zero-order valence-electron chi connectivity index (χ0n) is 14.9. The fourth-order valence-electron chi connectivity index (χ4n) is 3.18. The molecule has 0 radical (unpaired) electrons. The van der Waals surface area contributed by atoms with Crippen LogP contribution >= 0.6 is 11.3 Å². The molecule has 5 nitrogen and oxygen atoms in total. The van der Waals surface area contributed by atoms with E-state index in [1.165, 1.54) is 29.5 Å². The van der Waals surface area contributed by atoms with Gasteiger partial charge in [-0.25, -0.2) is 4.98 Å². The Morgan fingerprint density at radius 3 is 2.89 bits per heavy atom. The molecule has 1 saturated heterocycles. The highest BCUT2D eigenvalue weighted by Gasteiger charge is 2.27. The number of fused-ring (bicyclic) bond motifs is 1. The van der Waals surface area contributed by atoms with Crippen molar-refractivity contribution in [2.75, 3.05) is 18.1 Å². The van der Waals surface area contributed by atoms with E-state index in [9.17, 15) is 13.6 Å². The van der Waals surface area contributed by atoms with Crippen molar-refractivity contribution in [1.29, 1.82) is 0 Å². The maximum absolute atomic E-state index is 13.2. The lowest BCUT2D eigenvalue weighted by molar-refractivity contribution is -0.0498. The normalized spacial score (nSPS) is 16.6. The summed E-state index contributed by atoms with van der Waals surface area (Å²) in [6.45, 7) is -1.92. The maximum atomic E-state index is 13.2. The number of hydrogen-bond donors (Lipinski definition) is 0. The molecule has 1 atom stereocenters. The van der Waals surface area contributed by atoms with Gasteiger partial charge in [-0.05, 0) is 43.2 Å². The molecule has 1 aliphatic rings. The number of carbonyl (C=O) groups excluding carboxylic acids is 1. The van der Waals surface area contributed by atoms with Crippen LogP contribution in [0, 0.1) is 0 Å². The summed E-state index contributed by atoms with van der Waals surface area (Å²) >= 11 is 1.41. The van der Waals surface area contributed by atoms with Gasteiger partial charge in [0.25, 0.3) is 5.91 Å². The number of carbonyl (C=O) groups is 1. The second-order valence-corrected chi connectivity index (χ2v) is 7.43. The van der Waals surface area contributed by atoms with Gasteiger partial charge in [-0.2, -0.15) is 8.78 Å². The van der Waals surface area contributed by atoms with Crippen molar-refractivity contribution in [2.24, 2.45) is 0 Å². The molecule has 8 heteroatoms. The number of halogens is 2. The summed E-state index contributed by atoms with van der Waals surface area (Å²) in [6, 6.07) is 13.5. The summed E-state index contributed by atoms with van der Waals surface area (Å²) in [5.74, 6) is -0.378. The monoisotopic (exact) mass is 404 g/mol. The highest BCUT2D eigenvalue weighted by Crippen LogP contribution is 2.31. The number of hydrogen-bond acceptors (Lipinski definition) is 5. The smallest absolute Gasteiger partial charge is 0.387 e. The van der Waals surface area contributed by atoms with E-state index < -0.39 is 6.61 Å². The number of para-hydroxylation sites is 1. The molecule has 0 bridgehead atoms. The molecule has 2 aromatic carbocycles. The van der Waals surface area contributed by atoms with Crippen LogP contribution in [0.25, 0.3) is 10.2 Å². The first-order valence-corrected chi connectivity index (χ1v) is 9.76. The largest absolute Gasteiger partial charge is 0.435 e. The highest BCUT2D eigenvalue weighted by molar-refractivity contribution is 7.22. The lowest BCUT2D eigenvalue weighted by Crippen LogP contribution is -2.37. The topological polar surface area (TPSA) is 51.7 Å². The van der Waals surface area contributed by atoms with Gasteiger partial charge in [0.2, 0.25) is 0 Å². The lowest BCUT2D eigenvalue weighted by Gasteiger charge is -2.23. The summed E-state index contributed by atoms with van der Waals surface area (Å²) in [6.07, 6.45) is 1.74. The van der Waals surface area contributed by atoms with Gasteiger partial charge in [-0.15, -0.1) is 0 Å². The Kier molecular flexibility index (Phi) is 5.50. The fourth-order valence-corrected chi connectivity index (χ4v) is 4.15. The minimum absolute atomic E-state index is 0.0535. The van der Waals surface area contributed by atoms with Gasteiger partial charge in [0, 0.05) is 12.2 Å². The van der Waals surface area contributed by atoms with Gasteiger partial charge in [0.15, 0.2) is 5.13 Å². The molecule has 2 heterocycles. The molecular formula is C20H18F2N2O3S. The van der Waals surface area contributed by atoms with Crippen LogP contribution in [0.3, 0.4) is 0 Å².